The minimum atomic E-state index is -0.178. The first-order valence-corrected chi connectivity index (χ1v) is 10.5. The van der Waals surface area contributed by atoms with Gasteiger partial charge >= 0.3 is 0 Å². The lowest BCUT2D eigenvalue weighted by atomic mass is 10.1. The molecule has 0 spiro atoms. The summed E-state index contributed by atoms with van der Waals surface area (Å²) < 4.78 is 2.23. The topological polar surface area (TPSA) is 66.8 Å². The molecule has 1 aliphatic rings. The molecular weight excluding hydrogens is 358 g/mol. The normalized spacial score (nSPS) is 15.2. The van der Waals surface area contributed by atoms with E-state index in [0.29, 0.717) is 6.04 Å². The summed E-state index contributed by atoms with van der Waals surface area (Å²) in [5.74, 6) is 1.05. The van der Waals surface area contributed by atoms with Gasteiger partial charge in [0, 0.05) is 41.8 Å². The summed E-state index contributed by atoms with van der Waals surface area (Å²) in [4.78, 5) is 17.9. The van der Waals surface area contributed by atoms with Gasteiger partial charge in [-0.15, -0.1) is 10.2 Å². The van der Waals surface area contributed by atoms with Gasteiger partial charge in [-0.25, -0.2) is 0 Å². The number of nitrogens with zero attached hydrogens (tertiary/aromatic N) is 4. The highest BCUT2D eigenvalue weighted by molar-refractivity contribution is 8.00. The molecule has 7 heteroatoms. The second-order valence-electron chi connectivity index (χ2n) is 6.93. The number of aromatic amines is 1. The number of thioether (sulfide) groups is 1. The molecule has 1 N–H and O–H groups in total. The highest BCUT2D eigenvalue weighted by atomic mass is 32.2. The quantitative estimate of drug-likeness (QED) is 0.624. The summed E-state index contributed by atoms with van der Waals surface area (Å²) in [5.41, 5.74) is 2.16. The van der Waals surface area contributed by atoms with E-state index >= 15 is 0 Å². The highest BCUT2D eigenvalue weighted by Crippen LogP contribution is 2.42. The number of carbonyl (C=O) groups is 1. The number of benzene rings is 1. The van der Waals surface area contributed by atoms with Crippen LogP contribution in [-0.4, -0.2) is 48.9 Å². The largest absolute Gasteiger partial charge is 0.360 e. The van der Waals surface area contributed by atoms with E-state index in [1.807, 2.05) is 44.0 Å². The Hall–Kier alpha value is -2.28. The fourth-order valence-corrected chi connectivity index (χ4v) is 4.46. The third-order valence-electron chi connectivity index (χ3n) is 5.11. The van der Waals surface area contributed by atoms with Crippen LogP contribution in [0.25, 0.3) is 22.3 Å². The van der Waals surface area contributed by atoms with E-state index in [0.717, 1.165) is 53.4 Å². The minimum Gasteiger partial charge on any atom is -0.360 e. The van der Waals surface area contributed by atoms with Crippen molar-refractivity contribution in [1.82, 2.24) is 24.6 Å². The summed E-state index contributed by atoms with van der Waals surface area (Å²) >= 11 is 1.52. The Balaban J connectivity index is 1.67. The van der Waals surface area contributed by atoms with Crippen LogP contribution < -0.4 is 0 Å². The predicted molar refractivity (Wildman–Crippen MR) is 109 cm³/mol. The van der Waals surface area contributed by atoms with Crippen molar-refractivity contribution < 1.29 is 4.79 Å². The fraction of sp³-hybridized carbons (Fsp3) is 0.450. The molecule has 1 aliphatic carbocycles. The maximum absolute atomic E-state index is 12.7. The van der Waals surface area contributed by atoms with E-state index in [1.165, 1.54) is 11.8 Å². The number of hydrogen-bond acceptors (Lipinski definition) is 4. The van der Waals surface area contributed by atoms with E-state index in [2.05, 4.69) is 31.9 Å². The van der Waals surface area contributed by atoms with Crippen LogP contribution in [0.4, 0.5) is 0 Å². The number of carbonyl (C=O) groups excluding carboxylic acids is 1. The van der Waals surface area contributed by atoms with E-state index < -0.39 is 0 Å². The predicted octanol–water partition coefficient (Wildman–Crippen LogP) is 4.11. The number of nitrogens with one attached hydrogen (secondary N) is 1. The van der Waals surface area contributed by atoms with Crippen LogP contribution in [0.15, 0.2) is 35.6 Å². The zero-order valence-corrected chi connectivity index (χ0v) is 16.8. The van der Waals surface area contributed by atoms with Gasteiger partial charge in [0.2, 0.25) is 5.91 Å². The number of rotatable bonds is 7. The van der Waals surface area contributed by atoms with Crippen molar-refractivity contribution >= 4 is 28.6 Å². The highest BCUT2D eigenvalue weighted by Gasteiger charge is 2.32. The number of aromatic nitrogens is 4. The van der Waals surface area contributed by atoms with Gasteiger partial charge in [0.05, 0.1) is 5.25 Å². The molecule has 2 aromatic heterocycles. The zero-order chi connectivity index (χ0) is 19.0. The smallest absolute Gasteiger partial charge is 0.235 e. The minimum absolute atomic E-state index is 0.156. The first-order chi connectivity index (χ1) is 13.1. The summed E-state index contributed by atoms with van der Waals surface area (Å²) in [6.07, 6.45) is 4.28. The number of para-hydroxylation sites is 1. The van der Waals surface area contributed by atoms with Gasteiger partial charge in [-0.1, -0.05) is 30.0 Å². The lowest BCUT2D eigenvalue weighted by Gasteiger charge is -2.22. The molecule has 0 saturated heterocycles. The molecule has 0 bridgehead atoms. The molecule has 0 aliphatic heterocycles. The van der Waals surface area contributed by atoms with E-state index in [9.17, 15) is 4.79 Å². The molecular formula is C20H25N5OS. The fourth-order valence-electron chi connectivity index (χ4n) is 3.46. The molecule has 1 saturated carbocycles. The van der Waals surface area contributed by atoms with Gasteiger partial charge in [0.15, 0.2) is 11.0 Å². The van der Waals surface area contributed by atoms with Gasteiger partial charge in [0.1, 0.15) is 0 Å². The Morgan fingerprint density at radius 1 is 1.30 bits per heavy atom. The van der Waals surface area contributed by atoms with Crippen molar-refractivity contribution in [2.45, 2.75) is 50.1 Å². The molecule has 3 aromatic rings. The number of fused-ring (bicyclic) bond motifs is 1. The lowest BCUT2D eigenvalue weighted by molar-refractivity contribution is -0.129. The molecule has 27 heavy (non-hydrogen) atoms. The molecule has 6 nitrogen and oxygen atoms in total. The van der Waals surface area contributed by atoms with Crippen LogP contribution in [0, 0.1) is 0 Å². The molecule has 2 heterocycles. The Kier molecular flexibility index (Phi) is 4.95. The van der Waals surface area contributed by atoms with Gasteiger partial charge in [0.25, 0.3) is 0 Å². The van der Waals surface area contributed by atoms with Crippen molar-refractivity contribution in [3.63, 3.8) is 0 Å². The standard InChI is InChI=1S/C20H25N5OS/c1-4-24(5-2)19(26)13(3)27-20-23-22-18(25(20)14-10-11-14)16-12-21-17-9-7-6-8-15(16)17/h6-9,12-14,21H,4-5,10-11H2,1-3H3. The van der Waals surface area contributed by atoms with Crippen LogP contribution in [0.2, 0.25) is 0 Å². The van der Waals surface area contributed by atoms with Gasteiger partial charge < -0.3 is 9.88 Å². The van der Waals surface area contributed by atoms with Crippen molar-refractivity contribution in [3.05, 3.63) is 30.5 Å². The third kappa shape index (κ3) is 3.36. The van der Waals surface area contributed by atoms with E-state index in [4.69, 9.17) is 0 Å². The van der Waals surface area contributed by atoms with Crippen molar-refractivity contribution in [1.29, 1.82) is 0 Å². The van der Waals surface area contributed by atoms with Crippen molar-refractivity contribution in [2.24, 2.45) is 0 Å². The number of H-pyrrole nitrogens is 1. The van der Waals surface area contributed by atoms with Gasteiger partial charge in [-0.3, -0.25) is 9.36 Å². The Labute approximate surface area is 163 Å². The SMILES string of the molecule is CCN(CC)C(=O)C(C)Sc1nnc(-c2c[nH]c3ccccc23)n1C1CC1. The van der Waals surface area contributed by atoms with Gasteiger partial charge in [-0.2, -0.15) is 0 Å². The Morgan fingerprint density at radius 3 is 2.74 bits per heavy atom. The average Bonchev–Trinajstić information content (AvgIpc) is 3.30. The molecule has 1 amide bonds. The van der Waals surface area contributed by atoms with Gasteiger partial charge in [-0.05, 0) is 39.7 Å². The van der Waals surface area contributed by atoms with E-state index in [-0.39, 0.29) is 11.2 Å². The molecule has 0 radical (unpaired) electrons. The first-order valence-electron chi connectivity index (χ1n) is 9.60. The number of hydrogen-bond donors (Lipinski definition) is 1. The van der Waals surface area contributed by atoms with Crippen LogP contribution in [-0.2, 0) is 4.79 Å². The average molecular weight is 384 g/mol. The van der Waals surface area contributed by atoms with Crippen LogP contribution >= 0.6 is 11.8 Å². The zero-order valence-electron chi connectivity index (χ0n) is 16.0. The monoisotopic (exact) mass is 383 g/mol. The molecule has 1 atom stereocenters. The summed E-state index contributed by atoms with van der Waals surface area (Å²) in [7, 11) is 0. The molecule has 1 aromatic carbocycles. The Bertz CT molecular complexity index is 954. The summed E-state index contributed by atoms with van der Waals surface area (Å²) in [6, 6.07) is 8.67. The second kappa shape index (κ2) is 7.38. The molecule has 1 fully saturated rings. The summed E-state index contributed by atoms with van der Waals surface area (Å²) in [6.45, 7) is 7.45. The lowest BCUT2D eigenvalue weighted by Crippen LogP contribution is -2.36. The first kappa shape index (κ1) is 18.1. The van der Waals surface area contributed by atoms with Crippen molar-refractivity contribution in [2.75, 3.05) is 13.1 Å². The van der Waals surface area contributed by atoms with Crippen LogP contribution in [0.5, 0.6) is 0 Å². The molecule has 4 rings (SSSR count). The maximum Gasteiger partial charge on any atom is 0.235 e. The third-order valence-corrected chi connectivity index (χ3v) is 6.16. The van der Waals surface area contributed by atoms with Crippen LogP contribution in [0.3, 0.4) is 0 Å². The Morgan fingerprint density at radius 2 is 2.04 bits per heavy atom. The summed E-state index contributed by atoms with van der Waals surface area (Å²) in [5, 5.41) is 10.8. The van der Waals surface area contributed by atoms with E-state index in [1.54, 1.807) is 0 Å². The molecule has 142 valence electrons. The van der Waals surface area contributed by atoms with Crippen LogP contribution in [0.1, 0.15) is 39.7 Å². The second-order valence-corrected chi connectivity index (χ2v) is 8.23. The number of amides is 1. The molecule has 1 unspecified atom stereocenters. The van der Waals surface area contributed by atoms with Crippen molar-refractivity contribution in [3.8, 4) is 11.4 Å². The maximum atomic E-state index is 12.7.